The van der Waals surface area contributed by atoms with Crippen LogP contribution in [-0.2, 0) is 25.3 Å². The Balaban J connectivity index is 1.75. The molecule has 0 radical (unpaired) electrons. The van der Waals surface area contributed by atoms with Gasteiger partial charge in [0.2, 0.25) is 0 Å². The van der Waals surface area contributed by atoms with Crippen LogP contribution in [0.15, 0.2) is 6.07 Å². The van der Waals surface area contributed by atoms with E-state index in [9.17, 15) is 12.6 Å². The van der Waals surface area contributed by atoms with E-state index in [4.69, 9.17) is 4.18 Å². The molecule has 2 saturated carbocycles. The highest BCUT2D eigenvalue weighted by atomic mass is 127. The Kier molecular flexibility index (Phi) is 6.63. The van der Waals surface area contributed by atoms with Gasteiger partial charge in [-0.15, -0.1) is 0 Å². The summed E-state index contributed by atoms with van der Waals surface area (Å²) in [5.74, 6) is 1.48. The van der Waals surface area contributed by atoms with Gasteiger partial charge in [0.1, 0.15) is 3.70 Å². The molecule has 2 aliphatic rings. The minimum atomic E-state index is -3.48. The van der Waals surface area contributed by atoms with E-state index in [2.05, 4.69) is 57.0 Å². The van der Waals surface area contributed by atoms with Crippen LogP contribution in [0.5, 0.6) is 0 Å². The summed E-state index contributed by atoms with van der Waals surface area (Å²) in [4.78, 5) is 0. The average Bonchev–Trinajstić information content (AvgIpc) is 2.88. The topological polar surface area (TPSA) is 90.3 Å². The Labute approximate surface area is 190 Å². The van der Waals surface area contributed by atoms with Crippen LogP contribution >= 0.6 is 22.6 Å². The molecule has 29 heavy (non-hydrogen) atoms. The van der Waals surface area contributed by atoms with Crippen LogP contribution in [0.3, 0.4) is 0 Å². The quantitative estimate of drug-likeness (QED) is 0.391. The molecule has 7 nitrogen and oxygen atoms in total. The van der Waals surface area contributed by atoms with Crippen molar-refractivity contribution in [2.75, 3.05) is 12.9 Å². The van der Waals surface area contributed by atoms with Crippen LogP contribution in [0.25, 0.3) is 0 Å². The van der Waals surface area contributed by atoms with Crippen molar-refractivity contribution in [3.05, 3.63) is 15.5 Å². The van der Waals surface area contributed by atoms with Crippen LogP contribution in [-0.4, -0.2) is 45.6 Å². The second-order valence-corrected chi connectivity index (χ2v) is 14.4. The third-order valence-corrected chi connectivity index (χ3v) is 8.75. The smallest absolute Gasteiger partial charge is 0.264 e. The lowest BCUT2D eigenvalue weighted by Crippen LogP contribution is -2.50. The second-order valence-electron chi connectivity index (χ2n) is 9.73. The summed E-state index contributed by atoms with van der Waals surface area (Å²) in [7, 11) is -4.71. The molecule has 3 unspecified atom stereocenters. The van der Waals surface area contributed by atoms with Gasteiger partial charge in [0.05, 0.1) is 28.6 Å². The summed E-state index contributed by atoms with van der Waals surface area (Å²) in [5, 5.41) is 4.64. The van der Waals surface area contributed by atoms with Crippen LogP contribution in [0.4, 0.5) is 0 Å². The monoisotopic (exact) mass is 557 g/mol. The molecule has 5 atom stereocenters. The number of aromatic nitrogens is 2. The van der Waals surface area contributed by atoms with Gasteiger partial charge in [0.15, 0.2) is 0 Å². The number of hydrogen-bond acceptors (Lipinski definition) is 5. The van der Waals surface area contributed by atoms with Crippen molar-refractivity contribution in [2.45, 2.75) is 76.1 Å². The highest BCUT2D eigenvalue weighted by Crippen LogP contribution is 2.66. The maximum absolute atomic E-state index is 12.8. The summed E-state index contributed by atoms with van der Waals surface area (Å²) in [6, 6.07) is 2.49. The van der Waals surface area contributed by atoms with E-state index in [1.165, 1.54) is 5.69 Å². The molecule has 1 aromatic rings. The summed E-state index contributed by atoms with van der Waals surface area (Å²) in [6.45, 7) is 10.2. The van der Waals surface area contributed by atoms with Crippen molar-refractivity contribution in [2.24, 2.45) is 11.8 Å². The zero-order chi connectivity index (χ0) is 21.8. The van der Waals surface area contributed by atoms with Crippen LogP contribution < -0.4 is 4.72 Å². The molecule has 3 rings (SSSR count). The lowest BCUT2D eigenvalue weighted by Gasteiger charge is -2.35. The van der Waals surface area contributed by atoms with Crippen molar-refractivity contribution in [1.82, 2.24) is 14.5 Å². The Hall–Kier alpha value is -0.0400. The van der Waals surface area contributed by atoms with Crippen LogP contribution in [0.2, 0.25) is 0 Å². The first-order chi connectivity index (χ1) is 13.2. The lowest BCUT2D eigenvalue weighted by atomic mass is 9.88. The normalized spacial score (nSPS) is 30.6. The zero-order valence-electron chi connectivity index (χ0n) is 17.9. The number of nitrogens with zero attached hydrogens (tertiary/aromatic N) is 2. The lowest BCUT2D eigenvalue weighted by molar-refractivity contribution is 0.238. The van der Waals surface area contributed by atoms with Gasteiger partial charge in [-0.2, -0.15) is 13.5 Å². The molecule has 0 spiro atoms. The first-order valence-corrected chi connectivity index (χ1v) is 14.1. The van der Waals surface area contributed by atoms with E-state index in [1.54, 1.807) is 0 Å². The van der Waals surface area contributed by atoms with Gasteiger partial charge in [-0.3, -0.25) is 8.86 Å². The van der Waals surface area contributed by atoms with Crippen LogP contribution in [0, 0.1) is 15.5 Å². The number of rotatable bonds is 8. The Morgan fingerprint density at radius 1 is 1.38 bits per heavy atom. The fourth-order valence-electron chi connectivity index (χ4n) is 4.54. The maximum atomic E-state index is 12.8. The highest BCUT2D eigenvalue weighted by Gasteiger charge is 2.63. The molecule has 1 N–H and O–H groups in total. The summed E-state index contributed by atoms with van der Waals surface area (Å²) >= 11 is 2.26. The zero-order valence-corrected chi connectivity index (χ0v) is 21.7. The summed E-state index contributed by atoms with van der Waals surface area (Å²) in [6.07, 6.45) is 3.34. The van der Waals surface area contributed by atoms with Gasteiger partial charge >= 0.3 is 0 Å². The van der Waals surface area contributed by atoms with Gasteiger partial charge in [0.25, 0.3) is 10.1 Å². The predicted octanol–water partition coefficient (Wildman–Crippen LogP) is 3.35. The third-order valence-electron chi connectivity index (χ3n) is 5.89. The summed E-state index contributed by atoms with van der Waals surface area (Å²) < 4.78 is 46.7. The third kappa shape index (κ3) is 5.42. The molecule has 1 heterocycles. The molecule has 0 aromatic carbocycles. The van der Waals surface area contributed by atoms with E-state index < -0.39 is 21.1 Å². The van der Waals surface area contributed by atoms with Crippen molar-refractivity contribution in [1.29, 1.82) is 0 Å². The molecule has 166 valence electrons. The maximum Gasteiger partial charge on any atom is 0.264 e. The van der Waals surface area contributed by atoms with Gasteiger partial charge in [-0.1, -0.05) is 0 Å². The second kappa shape index (κ2) is 8.14. The van der Waals surface area contributed by atoms with E-state index in [0.717, 1.165) is 22.8 Å². The minimum absolute atomic E-state index is 0.110. The van der Waals surface area contributed by atoms with Crippen molar-refractivity contribution >= 4 is 43.7 Å². The van der Waals surface area contributed by atoms with Gasteiger partial charge in [0, 0.05) is 23.2 Å². The Morgan fingerprint density at radius 2 is 1.97 bits per heavy atom. The van der Waals surface area contributed by atoms with Crippen molar-refractivity contribution < 1.29 is 16.8 Å². The van der Waals surface area contributed by atoms with E-state index in [0.29, 0.717) is 30.2 Å². The molecule has 2 fully saturated rings. The Morgan fingerprint density at radius 3 is 2.45 bits per heavy atom. The number of halogens is 1. The molecule has 1 aromatic heterocycles. The van der Waals surface area contributed by atoms with Gasteiger partial charge in [-0.05, 0) is 94.4 Å². The van der Waals surface area contributed by atoms with E-state index >= 15 is 0 Å². The average molecular weight is 558 g/mol. The summed E-state index contributed by atoms with van der Waals surface area (Å²) in [5.41, 5.74) is 0.933. The molecule has 0 aliphatic heterocycles. The number of hydrogen-bond donors (Lipinski definition) is 1. The molecule has 10 heteroatoms. The number of nitrogens with one attached hydrogen (secondary N) is 1. The molecule has 0 saturated heterocycles. The van der Waals surface area contributed by atoms with E-state index in [-0.39, 0.29) is 16.9 Å². The molecule has 0 bridgehead atoms. The molecular formula is C19H32IN3O4S2. The predicted molar refractivity (Wildman–Crippen MR) is 123 cm³/mol. The fourth-order valence-corrected chi connectivity index (χ4v) is 6.45. The Bertz CT molecular complexity index is 880. The van der Waals surface area contributed by atoms with E-state index in [1.807, 2.05) is 20.8 Å². The van der Waals surface area contributed by atoms with Gasteiger partial charge < -0.3 is 0 Å². The first kappa shape index (κ1) is 23.6. The molecular weight excluding hydrogens is 525 g/mol. The van der Waals surface area contributed by atoms with Crippen molar-refractivity contribution in [3.8, 4) is 0 Å². The van der Waals surface area contributed by atoms with Crippen molar-refractivity contribution in [3.63, 3.8) is 0 Å². The fraction of sp³-hybridized carbons (Fsp3) is 0.842. The number of fused-ring (bicyclic) bond motifs is 1. The highest BCUT2D eigenvalue weighted by molar-refractivity contribution is 14.1. The van der Waals surface area contributed by atoms with Crippen LogP contribution in [0.1, 0.15) is 71.5 Å². The first-order valence-electron chi connectivity index (χ1n) is 10.0. The minimum Gasteiger partial charge on any atom is -0.270 e. The molecule has 0 amide bonds. The SMILES string of the molecule is CC(C)n1nc(I)cc1C1[C@H]2CC(CCOS(C)(=O)=O)(NS(=O)C(C)(C)C)C[C@@H]12. The van der Waals surface area contributed by atoms with Gasteiger partial charge in [-0.25, -0.2) is 8.93 Å². The molecule has 2 aliphatic carbocycles. The standard InChI is InChI=1S/C19H32IN3O4S2/c1-12(2)23-15(9-16(20)21-23)17-13-10-19(11-14(13)17,7-8-27-29(6,25)26)22-28(24)18(3,4)5/h9,12-14,17,22H,7-8,10-11H2,1-6H3/t13-,14+,17?,19?,28?. The largest absolute Gasteiger partial charge is 0.270 e.